The van der Waals surface area contributed by atoms with Crippen LogP contribution in [0.4, 0.5) is 0 Å². The quantitative estimate of drug-likeness (QED) is 0.322. The van der Waals surface area contributed by atoms with Crippen molar-refractivity contribution in [3.05, 3.63) is 0 Å². The predicted molar refractivity (Wildman–Crippen MR) is 92.7 cm³/mol. The molecule has 0 rings (SSSR count). The summed E-state index contributed by atoms with van der Waals surface area (Å²) in [7, 11) is -3.88. The van der Waals surface area contributed by atoms with Crippen LogP contribution in [0.3, 0.4) is 0 Å². The first-order valence-electron chi connectivity index (χ1n) is 8.41. The minimum atomic E-state index is -3.88. The maximum absolute atomic E-state index is 10.7. The van der Waals surface area contributed by atoms with E-state index >= 15 is 0 Å². The summed E-state index contributed by atoms with van der Waals surface area (Å²) in [6, 6.07) is 0. The summed E-state index contributed by atoms with van der Waals surface area (Å²) in [5, 5.41) is -0.845. The van der Waals surface area contributed by atoms with Gasteiger partial charge in [0.05, 0.1) is 5.25 Å². The van der Waals surface area contributed by atoms with Crippen LogP contribution in [0.25, 0.3) is 0 Å². The molecule has 1 unspecified atom stereocenters. The van der Waals surface area contributed by atoms with Gasteiger partial charge in [0, 0.05) is 6.54 Å². The van der Waals surface area contributed by atoms with Gasteiger partial charge in [0.25, 0.3) is 10.1 Å². The molecule has 22 heavy (non-hydrogen) atoms. The van der Waals surface area contributed by atoms with Crippen molar-refractivity contribution in [1.29, 1.82) is 0 Å². The SMILES string of the molecule is CC(CN)S(=O)(=O)O.CCCCCCCCCCC[C](=O)[Na]. The van der Waals surface area contributed by atoms with Crippen LogP contribution >= 0.6 is 0 Å². The molecule has 0 aromatic rings. The standard InChI is InChI=1S/C12H23O.C3H9NO3S.Na/c1-2-3-4-5-6-7-8-9-10-11-12-13;1-3(2-4)8(5,6)7;/h2-11H2,1H3;3H,2,4H2,1H3,(H,5,6,7);. The van der Waals surface area contributed by atoms with Crippen LogP contribution in [-0.2, 0) is 14.9 Å². The maximum atomic E-state index is 10.7. The van der Waals surface area contributed by atoms with Crippen LogP contribution in [0.15, 0.2) is 0 Å². The summed E-state index contributed by atoms with van der Waals surface area (Å²) < 4.78 is 28.7. The van der Waals surface area contributed by atoms with Gasteiger partial charge in [-0.25, -0.2) is 0 Å². The Morgan fingerprint density at radius 2 is 1.45 bits per heavy atom. The second-order valence-corrected chi connectivity index (χ2v) is 8.79. The average molecular weight is 345 g/mol. The van der Waals surface area contributed by atoms with Gasteiger partial charge in [0.2, 0.25) is 0 Å². The third-order valence-corrected chi connectivity index (χ3v) is 5.18. The molecule has 0 aromatic heterocycles. The molecule has 0 aliphatic rings. The number of nitrogens with two attached hydrogens (primary N) is 1. The number of hydrogen-bond donors (Lipinski definition) is 2. The monoisotopic (exact) mass is 345 g/mol. The zero-order valence-electron chi connectivity index (χ0n) is 14.5. The fourth-order valence-corrected chi connectivity index (χ4v) is 2.40. The Hall–Kier alpha value is 0.540. The van der Waals surface area contributed by atoms with Crippen molar-refractivity contribution in [3.8, 4) is 0 Å². The second-order valence-electron chi connectivity index (χ2n) is 5.84. The first-order valence-corrected chi connectivity index (χ1v) is 10.9. The summed E-state index contributed by atoms with van der Waals surface area (Å²) in [6.07, 6.45) is 12.9. The summed E-state index contributed by atoms with van der Waals surface area (Å²) >= 11 is 0.751. The van der Waals surface area contributed by atoms with E-state index in [1.54, 1.807) is 0 Å². The molecule has 7 heteroatoms. The van der Waals surface area contributed by atoms with Gasteiger partial charge in [-0.2, -0.15) is 8.42 Å². The van der Waals surface area contributed by atoms with Crippen molar-refractivity contribution < 1.29 is 17.8 Å². The van der Waals surface area contributed by atoms with E-state index in [0.717, 1.165) is 40.8 Å². The zero-order chi connectivity index (χ0) is 17.4. The Labute approximate surface area is 154 Å². The number of unbranched alkanes of at least 4 members (excludes halogenated alkanes) is 8. The van der Waals surface area contributed by atoms with Gasteiger partial charge in [-0.3, -0.25) is 4.55 Å². The molecule has 0 saturated carbocycles. The van der Waals surface area contributed by atoms with Crippen molar-refractivity contribution in [2.45, 2.75) is 83.3 Å². The number of carbonyl (C=O) groups excluding carboxylic acids is 1. The molecule has 0 aliphatic heterocycles. The van der Waals surface area contributed by atoms with E-state index in [1.807, 2.05) is 0 Å². The van der Waals surface area contributed by atoms with Crippen molar-refractivity contribution in [1.82, 2.24) is 0 Å². The molecule has 1 atom stereocenters. The molecule has 0 spiro atoms. The van der Waals surface area contributed by atoms with E-state index in [9.17, 15) is 13.2 Å². The minimum absolute atomic E-state index is 0.0428. The summed E-state index contributed by atoms with van der Waals surface area (Å²) in [4.78, 5) is 10.7. The Morgan fingerprint density at radius 3 is 1.73 bits per heavy atom. The topological polar surface area (TPSA) is 97.5 Å². The normalized spacial score (nSPS) is 12.5. The number of hydrogen-bond acceptors (Lipinski definition) is 4. The Balaban J connectivity index is 0. The van der Waals surface area contributed by atoms with Crippen molar-refractivity contribution in [2.24, 2.45) is 5.73 Å². The van der Waals surface area contributed by atoms with Gasteiger partial charge in [-0.05, 0) is 6.92 Å². The average Bonchev–Trinajstić information content (AvgIpc) is 2.44. The van der Waals surface area contributed by atoms with E-state index in [0.29, 0.717) is 3.03 Å². The third kappa shape index (κ3) is 20.5. The molecule has 0 aromatic carbocycles. The molecule has 3 N–H and O–H groups in total. The predicted octanol–water partition coefficient (Wildman–Crippen LogP) is 2.82. The van der Waals surface area contributed by atoms with Crippen LogP contribution < -0.4 is 5.73 Å². The van der Waals surface area contributed by atoms with Gasteiger partial charge in [0.15, 0.2) is 0 Å². The van der Waals surface area contributed by atoms with E-state index in [2.05, 4.69) is 6.92 Å². The molecule has 0 saturated heterocycles. The third-order valence-electron chi connectivity index (χ3n) is 3.47. The van der Waals surface area contributed by atoms with E-state index < -0.39 is 15.4 Å². The molecule has 0 aliphatic carbocycles. The van der Waals surface area contributed by atoms with E-state index in [1.165, 1.54) is 58.3 Å². The Bertz CT molecular complexity index is 361. The number of rotatable bonds is 12. The van der Waals surface area contributed by atoms with E-state index in [-0.39, 0.29) is 6.54 Å². The molecule has 0 bridgehead atoms. The molecule has 128 valence electrons. The first kappa shape index (κ1) is 24.8. The van der Waals surface area contributed by atoms with Crippen LogP contribution in [0, 0.1) is 0 Å². The van der Waals surface area contributed by atoms with Crippen LogP contribution in [0.1, 0.15) is 78.1 Å². The first-order chi connectivity index (χ1) is 10.3. The Morgan fingerprint density at radius 1 is 1.05 bits per heavy atom. The van der Waals surface area contributed by atoms with Gasteiger partial charge in [-0.15, -0.1) is 0 Å². The summed E-state index contributed by atoms with van der Waals surface area (Å²) in [6.45, 7) is 3.55. The molecular weight excluding hydrogens is 313 g/mol. The molecule has 0 heterocycles. The molecule has 5 nitrogen and oxygen atoms in total. The van der Waals surface area contributed by atoms with Gasteiger partial charge < -0.3 is 5.73 Å². The van der Waals surface area contributed by atoms with Crippen molar-refractivity contribution in [3.63, 3.8) is 0 Å². The van der Waals surface area contributed by atoms with Gasteiger partial charge in [-0.1, -0.05) is 0 Å². The van der Waals surface area contributed by atoms with Gasteiger partial charge in [0.1, 0.15) is 0 Å². The molecular formula is C15H32NNaO4S. The second kappa shape index (κ2) is 16.4. The fourth-order valence-electron chi connectivity index (χ4n) is 1.81. The Kier molecular flexibility index (Phi) is 18.5. The number of carbonyl (C=O) groups is 1. The summed E-state index contributed by atoms with van der Waals surface area (Å²) in [5.74, 6) is 0. The van der Waals surface area contributed by atoms with Crippen molar-refractivity contribution in [2.75, 3.05) is 6.54 Å². The summed E-state index contributed by atoms with van der Waals surface area (Å²) in [5.41, 5.74) is 4.92. The zero-order valence-corrected chi connectivity index (χ0v) is 17.3. The van der Waals surface area contributed by atoms with E-state index in [4.69, 9.17) is 10.3 Å². The fraction of sp³-hybridized carbons (Fsp3) is 0.933. The molecule has 0 fully saturated rings. The van der Waals surface area contributed by atoms with Crippen LogP contribution in [-0.4, -0.2) is 55.7 Å². The van der Waals surface area contributed by atoms with Crippen LogP contribution in [0.2, 0.25) is 0 Å². The van der Waals surface area contributed by atoms with Crippen molar-refractivity contribution >= 4 is 41.1 Å². The molecule has 0 amide bonds. The molecule has 0 radical (unpaired) electrons. The van der Waals surface area contributed by atoms with Gasteiger partial charge >= 0.3 is 107 Å². The van der Waals surface area contributed by atoms with Crippen LogP contribution in [0.5, 0.6) is 0 Å².